The summed E-state index contributed by atoms with van der Waals surface area (Å²) in [6.07, 6.45) is 0.586. The molecule has 1 aromatic carbocycles. The summed E-state index contributed by atoms with van der Waals surface area (Å²) in [6, 6.07) is 5.83. The molecule has 0 aromatic heterocycles. The molecule has 104 valence electrons. The first-order valence-electron chi connectivity index (χ1n) is 6.13. The average Bonchev–Trinajstić information content (AvgIpc) is 2.38. The number of rotatable bonds is 5. The van der Waals surface area contributed by atoms with E-state index in [0.29, 0.717) is 18.9 Å². The van der Waals surface area contributed by atoms with E-state index in [4.69, 9.17) is 9.84 Å². The molecule has 1 rings (SSSR count). The van der Waals surface area contributed by atoms with E-state index in [0.717, 1.165) is 16.9 Å². The molecule has 1 amide bonds. The van der Waals surface area contributed by atoms with Crippen molar-refractivity contribution in [3.8, 4) is 5.75 Å². The molecular formula is C14H19NO4. The highest BCUT2D eigenvalue weighted by Crippen LogP contribution is 2.27. The minimum atomic E-state index is -1.46. The summed E-state index contributed by atoms with van der Waals surface area (Å²) < 4.78 is 5.29. The lowest BCUT2D eigenvalue weighted by atomic mass is 9.98. The standard InChI is InChI=1S/C14H19NO4/c1-9(2)11-8-10(4-5-12(11)19-3)6-7-15-13(16)14(17)18/h4-5,8-9H,6-7H2,1-3H3,(H,15,16)(H,17,18). The summed E-state index contributed by atoms with van der Waals surface area (Å²) in [5, 5.41) is 10.8. The molecule has 0 heterocycles. The number of hydrogen-bond acceptors (Lipinski definition) is 3. The first-order chi connectivity index (χ1) is 8.95. The molecule has 1 aromatic rings. The van der Waals surface area contributed by atoms with Crippen molar-refractivity contribution < 1.29 is 19.4 Å². The van der Waals surface area contributed by atoms with Crippen molar-refractivity contribution in [3.05, 3.63) is 29.3 Å². The first kappa shape index (κ1) is 15.0. The van der Waals surface area contributed by atoms with Crippen molar-refractivity contribution in [3.63, 3.8) is 0 Å². The number of carbonyl (C=O) groups excluding carboxylic acids is 1. The van der Waals surface area contributed by atoms with Gasteiger partial charge in [-0.15, -0.1) is 0 Å². The van der Waals surface area contributed by atoms with Crippen LogP contribution in [-0.4, -0.2) is 30.6 Å². The van der Waals surface area contributed by atoms with Crippen molar-refractivity contribution in [2.24, 2.45) is 0 Å². The van der Waals surface area contributed by atoms with Crippen LogP contribution in [0, 0.1) is 0 Å². The maximum absolute atomic E-state index is 10.9. The Morgan fingerprint density at radius 1 is 1.37 bits per heavy atom. The van der Waals surface area contributed by atoms with E-state index in [1.807, 2.05) is 18.2 Å². The molecule has 0 atom stereocenters. The van der Waals surface area contributed by atoms with Crippen LogP contribution in [0.5, 0.6) is 5.75 Å². The second kappa shape index (κ2) is 6.78. The molecule has 2 N–H and O–H groups in total. The fourth-order valence-electron chi connectivity index (χ4n) is 1.79. The average molecular weight is 265 g/mol. The van der Waals surface area contributed by atoms with Crippen LogP contribution in [0.2, 0.25) is 0 Å². The smallest absolute Gasteiger partial charge is 0.394 e. The molecular weight excluding hydrogens is 246 g/mol. The molecule has 0 aliphatic heterocycles. The predicted molar refractivity (Wildman–Crippen MR) is 71.4 cm³/mol. The lowest BCUT2D eigenvalue weighted by Gasteiger charge is -2.13. The second-order valence-electron chi connectivity index (χ2n) is 4.54. The topological polar surface area (TPSA) is 75.6 Å². The van der Waals surface area contributed by atoms with Crippen molar-refractivity contribution in [1.82, 2.24) is 5.32 Å². The van der Waals surface area contributed by atoms with Crippen molar-refractivity contribution in [2.45, 2.75) is 26.2 Å². The number of carboxylic acid groups (broad SMARTS) is 1. The Morgan fingerprint density at radius 3 is 2.58 bits per heavy atom. The SMILES string of the molecule is COc1ccc(CCNC(=O)C(=O)O)cc1C(C)C. The Labute approximate surface area is 112 Å². The monoisotopic (exact) mass is 265 g/mol. The van der Waals surface area contributed by atoms with Gasteiger partial charge >= 0.3 is 11.9 Å². The third-order valence-electron chi connectivity index (χ3n) is 2.81. The van der Waals surface area contributed by atoms with E-state index in [-0.39, 0.29) is 0 Å². The quantitative estimate of drug-likeness (QED) is 0.792. The number of nitrogens with one attached hydrogen (secondary N) is 1. The Hall–Kier alpha value is -2.04. The molecule has 0 unspecified atom stereocenters. The van der Waals surface area contributed by atoms with Crippen LogP contribution in [0.1, 0.15) is 30.9 Å². The number of carboxylic acids is 1. The number of aliphatic carboxylic acids is 1. The van der Waals surface area contributed by atoms with Gasteiger partial charge in [-0.2, -0.15) is 0 Å². The number of methoxy groups -OCH3 is 1. The summed E-state index contributed by atoms with van der Waals surface area (Å²) in [4.78, 5) is 21.2. The molecule has 19 heavy (non-hydrogen) atoms. The predicted octanol–water partition coefficient (Wildman–Crippen LogP) is 1.56. The summed E-state index contributed by atoms with van der Waals surface area (Å²) in [7, 11) is 1.63. The molecule has 0 saturated carbocycles. The maximum Gasteiger partial charge on any atom is 0.394 e. The highest BCUT2D eigenvalue weighted by atomic mass is 16.5. The number of carbonyl (C=O) groups is 2. The normalized spacial score (nSPS) is 10.3. The molecule has 5 nitrogen and oxygen atoms in total. The van der Waals surface area contributed by atoms with Crippen molar-refractivity contribution in [2.75, 3.05) is 13.7 Å². The number of ether oxygens (including phenoxy) is 1. The Bertz CT molecular complexity index is 469. The number of benzene rings is 1. The van der Waals surface area contributed by atoms with Gasteiger partial charge in [0.05, 0.1) is 7.11 Å². The third kappa shape index (κ3) is 4.28. The van der Waals surface area contributed by atoms with Gasteiger partial charge < -0.3 is 15.2 Å². The molecule has 0 radical (unpaired) electrons. The van der Waals surface area contributed by atoms with Gasteiger partial charge in [0.15, 0.2) is 0 Å². The molecule has 0 aliphatic rings. The van der Waals surface area contributed by atoms with E-state index in [1.54, 1.807) is 7.11 Å². The maximum atomic E-state index is 10.9. The van der Waals surface area contributed by atoms with Gasteiger partial charge in [0, 0.05) is 6.54 Å². The van der Waals surface area contributed by atoms with Gasteiger partial charge in [0.1, 0.15) is 5.75 Å². The van der Waals surface area contributed by atoms with Crippen molar-refractivity contribution in [1.29, 1.82) is 0 Å². The van der Waals surface area contributed by atoms with E-state index < -0.39 is 11.9 Å². The second-order valence-corrected chi connectivity index (χ2v) is 4.54. The minimum Gasteiger partial charge on any atom is -0.496 e. The van der Waals surface area contributed by atoms with Gasteiger partial charge in [0.2, 0.25) is 0 Å². The van der Waals surface area contributed by atoms with Crippen LogP contribution < -0.4 is 10.1 Å². The first-order valence-corrected chi connectivity index (χ1v) is 6.13. The molecule has 0 bridgehead atoms. The van der Waals surface area contributed by atoms with Crippen LogP contribution >= 0.6 is 0 Å². The van der Waals surface area contributed by atoms with E-state index in [2.05, 4.69) is 19.2 Å². The summed E-state index contributed by atoms with van der Waals surface area (Å²) >= 11 is 0. The molecule has 5 heteroatoms. The fourth-order valence-corrected chi connectivity index (χ4v) is 1.79. The largest absolute Gasteiger partial charge is 0.496 e. The van der Waals surface area contributed by atoms with Crippen LogP contribution in [0.25, 0.3) is 0 Å². The van der Waals surface area contributed by atoms with Crippen LogP contribution in [0.3, 0.4) is 0 Å². The van der Waals surface area contributed by atoms with Gasteiger partial charge in [0.25, 0.3) is 0 Å². The summed E-state index contributed by atoms with van der Waals surface area (Å²) in [6.45, 7) is 4.46. The molecule has 0 spiro atoms. The highest BCUT2D eigenvalue weighted by Gasteiger charge is 2.11. The van der Waals surface area contributed by atoms with E-state index in [1.165, 1.54) is 0 Å². The van der Waals surface area contributed by atoms with Gasteiger partial charge in [-0.05, 0) is 29.5 Å². The highest BCUT2D eigenvalue weighted by molar-refractivity contribution is 6.31. The van der Waals surface area contributed by atoms with Gasteiger partial charge in [-0.1, -0.05) is 26.0 Å². The Morgan fingerprint density at radius 2 is 2.05 bits per heavy atom. The molecule has 0 fully saturated rings. The van der Waals surface area contributed by atoms with Gasteiger partial charge in [-0.3, -0.25) is 4.79 Å². The van der Waals surface area contributed by atoms with Crippen LogP contribution in [0.15, 0.2) is 18.2 Å². The Kier molecular flexibility index (Phi) is 5.36. The zero-order chi connectivity index (χ0) is 14.4. The Balaban J connectivity index is 2.67. The lowest BCUT2D eigenvalue weighted by molar-refractivity contribution is -0.150. The summed E-state index contributed by atoms with van der Waals surface area (Å²) in [5.74, 6) is -1.26. The zero-order valence-electron chi connectivity index (χ0n) is 11.4. The van der Waals surface area contributed by atoms with Gasteiger partial charge in [-0.25, -0.2) is 4.79 Å². The zero-order valence-corrected chi connectivity index (χ0v) is 11.4. The lowest BCUT2D eigenvalue weighted by Crippen LogP contribution is -2.32. The minimum absolute atomic E-state index is 0.301. The van der Waals surface area contributed by atoms with E-state index in [9.17, 15) is 9.59 Å². The van der Waals surface area contributed by atoms with E-state index >= 15 is 0 Å². The molecule has 0 saturated heterocycles. The molecule has 0 aliphatic carbocycles. The number of amides is 1. The third-order valence-corrected chi connectivity index (χ3v) is 2.81. The van der Waals surface area contributed by atoms with Crippen molar-refractivity contribution >= 4 is 11.9 Å². The summed E-state index contributed by atoms with van der Waals surface area (Å²) in [5.41, 5.74) is 2.14. The fraction of sp³-hybridized carbons (Fsp3) is 0.429. The van der Waals surface area contributed by atoms with Crippen LogP contribution in [0.4, 0.5) is 0 Å². The number of hydrogen-bond donors (Lipinski definition) is 2. The van der Waals surface area contributed by atoms with Crippen LogP contribution in [-0.2, 0) is 16.0 Å².